The summed E-state index contributed by atoms with van der Waals surface area (Å²) in [6, 6.07) is 7.05. The van der Waals surface area contributed by atoms with E-state index in [0.29, 0.717) is 18.8 Å². The van der Waals surface area contributed by atoms with Crippen LogP contribution in [0.4, 0.5) is 10.5 Å². The molecule has 0 aliphatic rings. The number of primary amides is 1. The molecule has 0 heterocycles. The molecule has 0 saturated heterocycles. The summed E-state index contributed by atoms with van der Waals surface area (Å²) in [7, 11) is 0. The average Bonchev–Trinajstić information content (AvgIpc) is 2.41. The summed E-state index contributed by atoms with van der Waals surface area (Å²) < 4.78 is 0. The Hall–Kier alpha value is -2.24. The number of rotatable bonds is 6. The van der Waals surface area contributed by atoms with Gasteiger partial charge >= 0.3 is 6.03 Å². The maximum Gasteiger partial charge on any atom is 0.320 e. The molecule has 4 N–H and O–H groups in total. The second kappa shape index (κ2) is 7.37. The number of nitrogen functional groups attached to an aromatic ring is 1. The lowest BCUT2D eigenvalue weighted by Gasteiger charge is -2.28. The molecule has 0 radical (unpaired) electrons. The largest absolute Gasteiger partial charge is 0.398 e. The first-order valence-electron chi connectivity index (χ1n) is 6.65. The number of amides is 3. The fourth-order valence-corrected chi connectivity index (χ4v) is 1.96. The quantitative estimate of drug-likeness (QED) is 0.761. The van der Waals surface area contributed by atoms with Crippen LogP contribution in [0.5, 0.6) is 0 Å². The molecule has 0 spiro atoms. The van der Waals surface area contributed by atoms with Gasteiger partial charge in [0.15, 0.2) is 0 Å². The lowest BCUT2D eigenvalue weighted by atomic mass is 10.1. The SMILES string of the molecule is CCN(CC)C(=O)N(CC(N)=O)Cc1ccccc1N. The van der Waals surface area contributed by atoms with Crippen LogP contribution in [0.3, 0.4) is 0 Å². The van der Waals surface area contributed by atoms with Gasteiger partial charge in [-0.25, -0.2) is 4.79 Å². The van der Waals surface area contributed by atoms with E-state index in [2.05, 4.69) is 0 Å². The summed E-state index contributed by atoms with van der Waals surface area (Å²) in [5, 5.41) is 0. The van der Waals surface area contributed by atoms with Crippen molar-refractivity contribution in [2.45, 2.75) is 20.4 Å². The molecular formula is C14H22N4O2. The number of hydrogen-bond donors (Lipinski definition) is 2. The third-order valence-corrected chi connectivity index (χ3v) is 3.07. The molecule has 1 rings (SSSR count). The molecule has 0 atom stereocenters. The second-order valence-electron chi connectivity index (χ2n) is 4.48. The molecule has 0 aromatic heterocycles. The second-order valence-corrected chi connectivity index (χ2v) is 4.48. The minimum atomic E-state index is -0.542. The summed E-state index contributed by atoms with van der Waals surface area (Å²) in [6.07, 6.45) is 0. The number of carbonyl (C=O) groups excluding carboxylic acids is 2. The zero-order valence-corrected chi connectivity index (χ0v) is 12.0. The van der Waals surface area contributed by atoms with Crippen LogP contribution >= 0.6 is 0 Å². The highest BCUT2D eigenvalue weighted by molar-refractivity contribution is 5.83. The number of anilines is 1. The summed E-state index contributed by atoms with van der Waals surface area (Å²) >= 11 is 0. The van der Waals surface area contributed by atoms with Gasteiger partial charge in [-0.05, 0) is 25.5 Å². The predicted molar refractivity (Wildman–Crippen MR) is 78.8 cm³/mol. The number of para-hydroxylation sites is 1. The Morgan fingerprint density at radius 1 is 1.10 bits per heavy atom. The first kappa shape index (κ1) is 15.8. The number of carbonyl (C=O) groups is 2. The van der Waals surface area contributed by atoms with Crippen LogP contribution in [-0.4, -0.2) is 41.4 Å². The molecule has 1 aromatic carbocycles. The van der Waals surface area contributed by atoms with E-state index in [1.54, 1.807) is 11.0 Å². The Morgan fingerprint density at radius 2 is 1.70 bits per heavy atom. The monoisotopic (exact) mass is 278 g/mol. The van der Waals surface area contributed by atoms with Crippen molar-refractivity contribution < 1.29 is 9.59 Å². The van der Waals surface area contributed by atoms with E-state index in [1.807, 2.05) is 32.0 Å². The van der Waals surface area contributed by atoms with Gasteiger partial charge in [-0.15, -0.1) is 0 Å². The Morgan fingerprint density at radius 3 is 2.20 bits per heavy atom. The van der Waals surface area contributed by atoms with E-state index in [9.17, 15) is 9.59 Å². The molecule has 0 unspecified atom stereocenters. The highest BCUT2D eigenvalue weighted by atomic mass is 16.2. The van der Waals surface area contributed by atoms with Crippen LogP contribution in [0.15, 0.2) is 24.3 Å². The van der Waals surface area contributed by atoms with Gasteiger partial charge in [0, 0.05) is 18.8 Å². The number of nitrogens with zero attached hydrogens (tertiary/aromatic N) is 2. The van der Waals surface area contributed by atoms with Crippen molar-refractivity contribution in [3.63, 3.8) is 0 Å². The maximum atomic E-state index is 12.4. The Kier molecular flexibility index (Phi) is 5.83. The van der Waals surface area contributed by atoms with Crippen LogP contribution in [0.25, 0.3) is 0 Å². The molecule has 6 nitrogen and oxygen atoms in total. The first-order chi connectivity index (χ1) is 9.49. The molecule has 0 saturated carbocycles. The highest BCUT2D eigenvalue weighted by Crippen LogP contribution is 2.14. The zero-order chi connectivity index (χ0) is 15.1. The number of urea groups is 1. The van der Waals surface area contributed by atoms with Crippen LogP contribution in [-0.2, 0) is 11.3 Å². The van der Waals surface area contributed by atoms with Crippen molar-refractivity contribution >= 4 is 17.6 Å². The zero-order valence-electron chi connectivity index (χ0n) is 12.0. The van der Waals surface area contributed by atoms with Gasteiger partial charge in [-0.2, -0.15) is 0 Å². The maximum absolute atomic E-state index is 12.4. The Bertz CT molecular complexity index is 472. The molecule has 20 heavy (non-hydrogen) atoms. The van der Waals surface area contributed by atoms with Crippen molar-refractivity contribution in [1.29, 1.82) is 0 Å². The minimum Gasteiger partial charge on any atom is -0.398 e. The Balaban J connectivity index is 2.92. The summed E-state index contributed by atoms with van der Waals surface area (Å²) in [5.41, 5.74) is 12.5. The summed E-state index contributed by atoms with van der Waals surface area (Å²) in [4.78, 5) is 26.6. The van der Waals surface area contributed by atoms with E-state index < -0.39 is 5.91 Å². The van der Waals surface area contributed by atoms with E-state index in [4.69, 9.17) is 11.5 Å². The predicted octanol–water partition coefficient (Wildman–Crippen LogP) is 1.02. The van der Waals surface area contributed by atoms with Gasteiger partial charge in [0.2, 0.25) is 5.91 Å². The number of benzene rings is 1. The molecule has 3 amide bonds. The van der Waals surface area contributed by atoms with Crippen molar-refractivity contribution in [1.82, 2.24) is 9.80 Å². The standard InChI is InChI=1S/C14H22N4O2/c1-3-17(4-2)14(20)18(10-13(16)19)9-11-7-5-6-8-12(11)15/h5-8H,3-4,9-10,15H2,1-2H3,(H2,16,19). The minimum absolute atomic E-state index is 0.121. The molecular weight excluding hydrogens is 256 g/mol. The topological polar surface area (TPSA) is 92.7 Å². The van der Waals surface area contributed by atoms with Gasteiger partial charge in [-0.3, -0.25) is 4.79 Å². The molecule has 110 valence electrons. The average molecular weight is 278 g/mol. The van der Waals surface area contributed by atoms with Gasteiger partial charge < -0.3 is 21.3 Å². The molecule has 1 aromatic rings. The van der Waals surface area contributed by atoms with E-state index in [0.717, 1.165) is 5.56 Å². The molecule has 0 fully saturated rings. The van der Waals surface area contributed by atoms with Crippen LogP contribution in [0.2, 0.25) is 0 Å². The Labute approximate surface area is 119 Å². The van der Waals surface area contributed by atoms with Crippen molar-refractivity contribution in [3.05, 3.63) is 29.8 Å². The van der Waals surface area contributed by atoms with Crippen LogP contribution in [0, 0.1) is 0 Å². The smallest absolute Gasteiger partial charge is 0.320 e. The van der Waals surface area contributed by atoms with Crippen molar-refractivity contribution in [3.8, 4) is 0 Å². The molecule has 0 aliphatic carbocycles. The third-order valence-electron chi connectivity index (χ3n) is 3.07. The fourth-order valence-electron chi connectivity index (χ4n) is 1.96. The van der Waals surface area contributed by atoms with Gasteiger partial charge in [0.05, 0.1) is 6.54 Å². The van der Waals surface area contributed by atoms with Crippen LogP contribution in [0.1, 0.15) is 19.4 Å². The fraction of sp³-hybridized carbons (Fsp3) is 0.429. The normalized spacial score (nSPS) is 10.1. The molecule has 0 aliphatic heterocycles. The number of nitrogens with two attached hydrogens (primary N) is 2. The van der Waals surface area contributed by atoms with Gasteiger partial charge in [-0.1, -0.05) is 18.2 Å². The van der Waals surface area contributed by atoms with E-state index in [1.165, 1.54) is 4.90 Å². The van der Waals surface area contributed by atoms with Crippen molar-refractivity contribution in [2.75, 3.05) is 25.4 Å². The number of hydrogen-bond acceptors (Lipinski definition) is 3. The third kappa shape index (κ3) is 4.15. The van der Waals surface area contributed by atoms with Gasteiger partial charge in [0.1, 0.15) is 6.54 Å². The highest BCUT2D eigenvalue weighted by Gasteiger charge is 2.21. The first-order valence-corrected chi connectivity index (χ1v) is 6.65. The van der Waals surface area contributed by atoms with Crippen LogP contribution < -0.4 is 11.5 Å². The summed E-state index contributed by atoms with van der Waals surface area (Å²) in [6.45, 7) is 5.08. The lowest BCUT2D eigenvalue weighted by molar-refractivity contribution is -0.118. The molecule has 6 heteroatoms. The van der Waals surface area contributed by atoms with Gasteiger partial charge in [0.25, 0.3) is 0 Å². The molecule has 0 bridgehead atoms. The summed E-state index contributed by atoms with van der Waals surface area (Å²) in [5.74, 6) is -0.542. The van der Waals surface area contributed by atoms with E-state index >= 15 is 0 Å². The van der Waals surface area contributed by atoms with Crippen molar-refractivity contribution in [2.24, 2.45) is 5.73 Å². The lowest BCUT2D eigenvalue weighted by Crippen LogP contribution is -2.46. The van der Waals surface area contributed by atoms with E-state index in [-0.39, 0.29) is 19.1 Å².